The highest BCUT2D eigenvalue weighted by Gasteiger charge is 2.53. The van der Waals surface area contributed by atoms with Gasteiger partial charge in [0, 0.05) is 43.1 Å². The van der Waals surface area contributed by atoms with Gasteiger partial charge in [0.15, 0.2) is 18.0 Å². The Morgan fingerprint density at radius 1 is 1.06 bits per heavy atom. The second kappa shape index (κ2) is 16.0. The van der Waals surface area contributed by atoms with E-state index >= 15 is 0 Å². The zero-order chi connectivity index (χ0) is 37.0. The number of carbonyl (C=O) groups is 4. The summed E-state index contributed by atoms with van der Waals surface area (Å²) in [7, 11) is 1.28. The number of nitrogens with zero attached hydrogens (tertiary/aromatic N) is 2. The highest BCUT2D eigenvalue weighted by atomic mass is 16.6. The van der Waals surface area contributed by atoms with Gasteiger partial charge >= 0.3 is 5.97 Å². The fraction of sp³-hybridized carbons (Fsp3) is 0.500. The van der Waals surface area contributed by atoms with Gasteiger partial charge in [-0.25, -0.2) is 0 Å². The Morgan fingerprint density at radius 3 is 2.49 bits per heavy atom. The van der Waals surface area contributed by atoms with Crippen LogP contribution in [0.3, 0.4) is 0 Å². The monoisotopic (exact) mass is 711 g/mol. The Bertz CT molecular complexity index is 1650. The molecule has 1 saturated heterocycles. The maximum atomic E-state index is 14.0. The summed E-state index contributed by atoms with van der Waals surface area (Å²) < 4.78 is 9.72. The molecule has 0 aromatic heterocycles. The van der Waals surface area contributed by atoms with Gasteiger partial charge in [0.05, 0.1) is 25.4 Å². The van der Waals surface area contributed by atoms with Crippen molar-refractivity contribution in [1.82, 2.24) is 4.90 Å². The molecule has 2 aromatic rings. The molecule has 1 fully saturated rings. The van der Waals surface area contributed by atoms with Gasteiger partial charge in [-0.1, -0.05) is 43.3 Å². The van der Waals surface area contributed by atoms with Crippen molar-refractivity contribution in [3.05, 3.63) is 71.3 Å². The highest BCUT2D eigenvalue weighted by molar-refractivity contribution is 6.08. The fourth-order valence-electron chi connectivity index (χ4n) is 6.85. The summed E-state index contributed by atoms with van der Waals surface area (Å²) in [6, 6.07) is 11.7. The zero-order valence-corrected chi connectivity index (χ0v) is 28.4. The lowest BCUT2D eigenvalue weighted by Crippen LogP contribution is -2.60. The molecular formula is C36H45N3O12. The predicted octanol–water partition coefficient (Wildman–Crippen LogP) is -0.169. The molecule has 2 aromatic carbocycles. The minimum Gasteiger partial charge on any atom is -0.469 e. The van der Waals surface area contributed by atoms with Crippen LogP contribution in [-0.2, 0) is 47.2 Å². The van der Waals surface area contributed by atoms with Gasteiger partial charge in [-0.3, -0.25) is 19.2 Å². The first-order valence-electron chi connectivity index (χ1n) is 16.9. The van der Waals surface area contributed by atoms with Crippen LogP contribution < -0.4 is 10.2 Å². The van der Waals surface area contributed by atoms with Gasteiger partial charge in [0.2, 0.25) is 5.91 Å². The fourth-order valence-corrected chi connectivity index (χ4v) is 6.85. The van der Waals surface area contributed by atoms with Crippen LogP contribution in [0.4, 0.5) is 11.4 Å². The molecule has 0 unspecified atom stereocenters. The number of hydrogen-bond donors (Lipinski definition) is 7. The van der Waals surface area contributed by atoms with Crippen LogP contribution in [0.5, 0.6) is 0 Å². The van der Waals surface area contributed by atoms with E-state index in [4.69, 9.17) is 9.47 Å². The second-order valence-corrected chi connectivity index (χ2v) is 13.1. The summed E-state index contributed by atoms with van der Waals surface area (Å²) in [5, 5.41) is 64.7. The first kappa shape index (κ1) is 38.0. The maximum absolute atomic E-state index is 14.0. The molecule has 3 heterocycles. The van der Waals surface area contributed by atoms with Crippen LogP contribution in [0.1, 0.15) is 49.3 Å². The third-order valence-corrected chi connectivity index (χ3v) is 9.89. The summed E-state index contributed by atoms with van der Waals surface area (Å²) in [4.78, 5) is 55.0. The van der Waals surface area contributed by atoms with Crippen LogP contribution in [0, 0.1) is 5.92 Å². The number of anilines is 2. The second-order valence-electron chi connectivity index (χ2n) is 13.1. The van der Waals surface area contributed by atoms with E-state index in [9.17, 15) is 49.8 Å². The van der Waals surface area contributed by atoms with Crippen molar-refractivity contribution in [2.24, 2.45) is 5.92 Å². The Labute approximate surface area is 294 Å². The van der Waals surface area contributed by atoms with E-state index in [0.717, 1.165) is 11.1 Å². The van der Waals surface area contributed by atoms with Gasteiger partial charge in [0.1, 0.15) is 18.3 Å². The lowest BCUT2D eigenvalue weighted by molar-refractivity contribution is -0.274. The van der Waals surface area contributed by atoms with Crippen LogP contribution in [-0.4, -0.2) is 116 Å². The summed E-state index contributed by atoms with van der Waals surface area (Å²) in [6.45, 7) is 1.92. The minimum absolute atomic E-state index is 0.0520. The average Bonchev–Trinajstić information content (AvgIpc) is 3.34. The Balaban J connectivity index is 1.36. The number of hydrogen-bond acceptors (Lipinski definition) is 12. The molecule has 0 spiro atoms. The van der Waals surface area contributed by atoms with E-state index in [1.807, 2.05) is 24.3 Å². The summed E-state index contributed by atoms with van der Waals surface area (Å²) >= 11 is 0. The molecule has 0 radical (unpaired) electrons. The molecule has 8 atom stereocenters. The molecule has 51 heavy (non-hydrogen) atoms. The van der Waals surface area contributed by atoms with Crippen LogP contribution >= 0.6 is 0 Å². The van der Waals surface area contributed by atoms with Crippen molar-refractivity contribution < 1.29 is 59.3 Å². The van der Waals surface area contributed by atoms with Crippen molar-refractivity contribution in [3.8, 4) is 0 Å². The largest absolute Gasteiger partial charge is 0.469 e. The van der Waals surface area contributed by atoms with Gasteiger partial charge < -0.3 is 55.2 Å². The number of amides is 3. The van der Waals surface area contributed by atoms with Crippen molar-refractivity contribution >= 4 is 35.1 Å². The molecule has 276 valence electrons. The Kier molecular flexibility index (Phi) is 11.9. The molecule has 0 aliphatic carbocycles. The molecular weight excluding hydrogens is 666 g/mol. The summed E-state index contributed by atoms with van der Waals surface area (Å²) in [5.41, 5.74) is 0.528. The third kappa shape index (κ3) is 7.70. The van der Waals surface area contributed by atoms with E-state index in [1.54, 1.807) is 24.0 Å². The maximum Gasteiger partial charge on any atom is 0.305 e. The van der Waals surface area contributed by atoms with Crippen LogP contribution in [0.15, 0.2) is 54.6 Å². The van der Waals surface area contributed by atoms with Crippen molar-refractivity contribution in [2.75, 3.05) is 30.5 Å². The van der Waals surface area contributed by atoms with Crippen molar-refractivity contribution in [1.29, 1.82) is 0 Å². The molecule has 7 N–H and O–H groups in total. The molecule has 15 nitrogen and oxygen atoms in total. The van der Waals surface area contributed by atoms with Crippen molar-refractivity contribution in [3.63, 3.8) is 0 Å². The molecule has 3 aliphatic heterocycles. The van der Waals surface area contributed by atoms with E-state index in [-0.39, 0.29) is 49.2 Å². The Hall–Kier alpha value is -4.22. The van der Waals surface area contributed by atoms with E-state index in [0.29, 0.717) is 31.5 Å². The van der Waals surface area contributed by atoms with E-state index < -0.39 is 60.0 Å². The van der Waals surface area contributed by atoms with Gasteiger partial charge in [-0.15, -0.1) is 0 Å². The number of esters is 1. The number of aliphatic hydroxyl groups excluding tert-OH is 5. The summed E-state index contributed by atoms with van der Waals surface area (Å²) in [6.07, 6.45) is -4.67. The Morgan fingerprint density at radius 2 is 1.78 bits per heavy atom. The van der Waals surface area contributed by atoms with E-state index in [2.05, 4.69) is 5.32 Å². The molecule has 3 amide bonds. The molecule has 5 rings (SSSR count). The highest BCUT2D eigenvalue weighted by Crippen LogP contribution is 2.46. The first-order chi connectivity index (χ1) is 24.3. The summed E-state index contributed by atoms with van der Waals surface area (Å²) in [5.74, 6) is -3.12. The number of nitrogens with one attached hydrogen (secondary N) is 1. The third-order valence-electron chi connectivity index (χ3n) is 9.89. The van der Waals surface area contributed by atoms with Gasteiger partial charge in [0.25, 0.3) is 11.8 Å². The molecule has 15 heteroatoms. The predicted molar refractivity (Wildman–Crippen MR) is 181 cm³/mol. The normalized spacial score (nSPS) is 28.0. The first-order valence-corrected chi connectivity index (χ1v) is 16.9. The van der Waals surface area contributed by atoms with Crippen LogP contribution in [0.2, 0.25) is 0 Å². The lowest BCUT2D eigenvalue weighted by Gasteiger charge is -2.37. The van der Waals surface area contributed by atoms with E-state index in [1.165, 1.54) is 30.2 Å². The minimum atomic E-state index is -2.15. The average molecular weight is 712 g/mol. The standard InChI is InChI=1S/C36H45N3O12/c1-20(8-7-11-27(41)39-18-22-10-4-3-9-21(22)16-24(39)19-40)36(49)25-17-23(37-33(46)32-30(44)29(43)31(45)34(47)51-32)13-14-26(25)38(35(36)48)15-6-5-12-28(42)50-2/h3-4,7-10,13-14,17,20,24,29-32,34,40,43-45,47,49H,5-6,11-12,15-16,18-19H2,1-2H3,(H,37,46)/b8-7+/t20-,24+,29+,30+,31-,32+,34-,36+/m1/s1. The zero-order valence-electron chi connectivity index (χ0n) is 28.4. The number of benzene rings is 2. The number of ether oxygens (including phenoxy) is 2. The number of aliphatic hydroxyl groups is 6. The molecule has 0 bridgehead atoms. The molecule has 0 saturated carbocycles. The number of carbonyl (C=O) groups excluding carboxylic acids is 4. The number of fused-ring (bicyclic) bond motifs is 2. The number of rotatable bonds is 12. The topological polar surface area (TPSA) is 227 Å². The number of methoxy groups -OCH3 is 1. The van der Waals surface area contributed by atoms with Gasteiger partial charge in [-0.05, 0) is 48.6 Å². The van der Waals surface area contributed by atoms with Gasteiger partial charge in [-0.2, -0.15) is 0 Å². The van der Waals surface area contributed by atoms with Crippen LogP contribution in [0.25, 0.3) is 0 Å². The SMILES string of the molecule is COC(=O)CCCCN1C(=O)[C@](O)([C@H](C)/C=C/CC(=O)N2Cc3ccccc3C[C@H]2CO)c2cc(NC(=O)[C@H]3O[C@@H](O)[C@H](O)[C@@H](O)[C@@H]3O)ccc21. The lowest BCUT2D eigenvalue weighted by atomic mass is 9.82. The quantitative estimate of drug-likeness (QED) is 0.0866. The smallest absolute Gasteiger partial charge is 0.305 e. The number of unbranched alkanes of at least 4 members (excludes halogenated alkanes) is 1. The molecule has 3 aliphatic rings. The van der Waals surface area contributed by atoms with Crippen molar-refractivity contribution in [2.45, 2.75) is 87.9 Å².